The molecular formula is C25H30N2O4. The normalized spacial score (nSPS) is 16.3. The highest BCUT2D eigenvalue weighted by Gasteiger charge is 2.39. The van der Waals surface area contributed by atoms with Gasteiger partial charge in [-0.2, -0.15) is 0 Å². The monoisotopic (exact) mass is 422 g/mol. The Morgan fingerprint density at radius 3 is 2.48 bits per heavy atom. The second-order valence-corrected chi connectivity index (χ2v) is 8.83. The lowest BCUT2D eigenvalue weighted by Gasteiger charge is -2.33. The number of hydrogen-bond acceptors (Lipinski definition) is 4. The maximum atomic E-state index is 13.1. The van der Waals surface area contributed by atoms with Gasteiger partial charge >= 0.3 is 6.09 Å². The maximum Gasteiger partial charge on any atom is 0.407 e. The minimum atomic E-state index is -0.503. The van der Waals surface area contributed by atoms with Crippen LogP contribution in [0.3, 0.4) is 0 Å². The topological polar surface area (TPSA) is 75.7 Å². The van der Waals surface area contributed by atoms with Crippen LogP contribution in [0, 0.1) is 12.3 Å². The summed E-state index contributed by atoms with van der Waals surface area (Å²) < 4.78 is 5.26. The van der Waals surface area contributed by atoms with Crippen LogP contribution in [0.1, 0.15) is 48.2 Å². The number of nitrogens with zero attached hydrogens (tertiary/aromatic N) is 1. The minimum absolute atomic E-state index is 0.0185. The Bertz CT molecular complexity index is 940. The van der Waals surface area contributed by atoms with Crippen molar-refractivity contribution in [3.8, 4) is 0 Å². The summed E-state index contributed by atoms with van der Waals surface area (Å²) in [5.74, 6) is -0.0401. The zero-order chi connectivity index (χ0) is 22.4. The molecule has 1 atom stereocenters. The molecule has 6 nitrogen and oxygen atoms in total. The van der Waals surface area contributed by atoms with E-state index in [1.165, 1.54) is 0 Å². The molecule has 2 aromatic rings. The fraction of sp³-hybridized carbons (Fsp3) is 0.400. The maximum absolute atomic E-state index is 13.1. The Hall–Kier alpha value is -3.15. The van der Waals surface area contributed by atoms with Crippen molar-refractivity contribution in [3.05, 3.63) is 71.3 Å². The quantitative estimate of drug-likeness (QED) is 0.649. The van der Waals surface area contributed by atoms with Crippen LogP contribution in [0.2, 0.25) is 0 Å². The van der Waals surface area contributed by atoms with Gasteiger partial charge in [0.15, 0.2) is 5.78 Å². The number of likely N-dealkylation sites (tertiary alicyclic amines) is 1. The van der Waals surface area contributed by atoms with E-state index >= 15 is 0 Å². The van der Waals surface area contributed by atoms with Crippen molar-refractivity contribution >= 4 is 17.8 Å². The van der Waals surface area contributed by atoms with Crippen molar-refractivity contribution in [3.63, 3.8) is 0 Å². The first kappa shape index (κ1) is 22.5. The summed E-state index contributed by atoms with van der Waals surface area (Å²) >= 11 is 0. The van der Waals surface area contributed by atoms with Crippen molar-refractivity contribution in [2.45, 2.75) is 46.3 Å². The number of aryl methyl sites for hydroxylation is 1. The third kappa shape index (κ3) is 5.94. The zero-order valence-electron chi connectivity index (χ0n) is 18.4. The van der Waals surface area contributed by atoms with Crippen LogP contribution in [0.25, 0.3) is 0 Å². The molecule has 1 aliphatic heterocycles. The molecule has 0 radical (unpaired) electrons. The molecule has 1 aliphatic rings. The molecule has 164 valence electrons. The van der Waals surface area contributed by atoms with E-state index in [2.05, 4.69) is 5.32 Å². The van der Waals surface area contributed by atoms with E-state index in [1.807, 2.05) is 75.4 Å². The molecule has 1 fully saturated rings. The Morgan fingerprint density at radius 1 is 1.10 bits per heavy atom. The molecule has 0 aliphatic carbocycles. The summed E-state index contributed by atoms with van der Waals surface area (Å²) in [6.07, 6.45) is 0.386. The van der Waals surface area contributed by atoms with Crippen molar-refractivity contribution in [1.82, 2.24) is 10.2 Å². The van der Waals surface area contributed by atoms with Crippen LogP contribution >= 0.6 is 0 Å². The second-order valence-electron chi connectivity index (χ2n) is 8.83. The molecule has 1 unspecified atom stereocenters. The fourth-order valence-corrected chi connectivity index (χ4v) is 3.84. The Labute approximate surface area is 183 Å². The molecule has 1 N–H and O–H groups in total. The highest BCUT2D eigenvalue weighted by atomic mass is 16.5. The van der Waals surface area contributed by atoms with Crippen LogP contribution in [0.4, 0.5) is 4.79 Å². The van der Waals surface area contributed by atoms with E-state index in [9.17, 15) is 14.4 Å². The van der Waals surface area contributed by atoms with Gasteiger partial charge in [0, 0.05) is 25.1 Å². The van der Waals surface area contributed by atoms with Gasteiger partial charge in [0.1, 0.15) is 6.61 Å². The molecule has 0 bridgehead atoms. The van der Waals surface area contributed by atoms with Gasteiger partial charge in [0.25, 0.3) is 0 Å². The molecular weight excluding hydrogens is 392 g/mol. The Morgan fingerprint density at radius 2 is 1.77 bits per heavy atom. The van der Waals surface area contributed by atoms with Gasteiger partial charge in [-0.15, -0.1) is 0 Å². The van der Waals surface area contributed by atoms with E-state index in [1.54, 1.807) is 4.90 Å². The minimum Gasteiger partial charge on any atom is -0.445 e. The third-order valence-electron chi connectivity index (χ3n) is 5.56. The Balaban J connectivity index is 1.57. The number of nitrogens with one attached hydrogen (secondary N) is 1. The molecule has 0 spiro atoms. The molecule has 0 saturated carbocycles. The number of alkyl carbamates (subject to hydrolysis) is 1. The number of ketones is 1. The van der Waals surface area contributed by atoms with Gasteiger partial charge in [0.05, 0.1) is 6.04 Å². The predicted molar refractivity (Wildman–Crippen MR) is 119 cm³/mol. The first-order chi connectivity index (χ1) is 14.8. The number of Topliss-reactive ketones (excluding diaryl/α,β-unsaturated/α-hetero) is 1. The van der Waals surface area contributed by atoms with Crippen molar-refractivity contribution in [2.24, 2.45) is 5.41 Å². The average molecular weight is 423 g/mol. The lowest BCUT2D eigenvalue weighted by molar-refractivity contribution is -0.129. The fourth-order valence-electron chi connectivity index (χ4n) is 3.84. The van der Waals surface area contributed by atoms with E-state index in [0.717, 1.165) is 11.1 Å². The van der Waals surface area contributed by atoms with E-state index in [0.29, 0.717) is 31.5 Å². The van der Waals surface area contributed by atoms with Crippen molar-refractivity contribution in [2.75, 3.05) is 13.1 Å². The van der Waals surface area contributed by atoms with Gasteiger partial charge < -0.3 is 15.0 Å². The number of benzene rings is 2. The SMILES string of the molecule is Cc1ccccc1C(=O)C1CCC(=O)N1CC(C)(C)CNC(=O)OCc1ccccc1. The van der Waals surface area contributed by atoms with Crippen LogP contribution in [-0.2, 0) is 16.1 Å². The van der Waals surface area contributed by atoms with Gasteiger partial charge in [-0.1, -0.05) is 68.4 Å². The molecule has 1 saturated heterocycles. The largest absolute Gasteiger partial charge is 0.445 e. The molecule has 0 aromatic heterocycles. The van der Waals surface area contributed by atoms with Crippen LogP contribution < -0.4 is 5.32 Å². The van der Waals surface area contributed by atoms with E-state index < -0.39 is 17.6 Å². The van der Waals surface area contributed by atoms with Crippen LogP contribution in [0.15, 0.2) is 54.6 Å². The van der Waals surface area contributed by atoms with Crippen LogP contribution in [0.5, 0.6) is 0 Å². The first-order valence-corrected chi connectivity index (χ1v) is 10.6. The Kier molecular flexibility index (Phi) is 7.10. The van der Waals surface area contributed by atoms with Crippen molar-refractivity contribution in [1.29, 1.82) is 0 Å². The number of carbonyl (C=O) groups excluding carboxylic acids is 3. The highest BCUT2D eigenvalue weighted by molar-refractivity contribution is 6.04. The molecule has 2 amide bonds. The number of ether oxygens (including phenoxy) is 1. The highest BCUT2D eigenvalue weighted by Crippen LogP contribution is 2.28. The average Bonchev–Trinajstić information content (AvgIpc) is 3.11. The summed E-state index contributed by atoms with van der Waals surface area (Å²) in [5.41, 5.74) is 2.06. The van der Waals surface area contributed by atoms with E-state index in [4.69, 9.17) is 4.74 Å². The summed E-state index contributed by atoms with van der Waals surface area (Å²) in [5, 5.41) is 2.78. The summed E-state index contributed by atoms with van der Waals surface area (Å²) in [6.45, 7) is 6.74. The lowest BCUT2D eigenvalue weighted by atomic mass is 9.91. The predicted octanol–water partition coefficient (Wildman–Crippen LogP) is 4.12. The number of rotatable bonds is 8. The number of hydrogen-bond donors (Lipinski definition) is 1. The van der Waals surface area contributed by atoms with Gasteiger partial charge in [-0.25, -0.2) is 4.79 Å². The van der Waals surface area contributed by atoms with Gasteiger partial charge in [-0.3, -0.25) is 9.59 Å². The number of amides is 2. The lowest BCUT2D eigenvalue weighted by Crippen LogP contribution is -2.47. The van der Waals surface area contributed by atoms with Gasteiger partial charge in [-0.05, 0) is 29.9 Å². The molecule has 6 heteroatoms. The third-order valence-corrected chi connectivity index (χ3v) is 5.56. The molecule has 2 aromatic carbocycles. The van der Waals surface area contributed by atoms with E-state index in [-0.39, 0.29) is 18.3 Å². The number of carbonyl (C=O) groups is 3. The summed E-state index contributed by atoms with van der Waals surface area (Å²) in [6, 6.07) is 16.5. The summed E-state index contributed by atoms with van der Waals surface area (Å²) in [7, 11) is 0. The first-order valence-electron chi connectivity index (χ1n) is 10.6. The standard InChI is InChI=1S/C25H30N2O4/c1-18-9-7-8-12-20(18)23(29)21-13-14-22(28)27(21)17-25(2,3)16-26-24(30)31-15-19-10-5-4-6-11-19/h4-12,21H,13-17H2,1-3H3,(H,26,30). The smallest absolute Gasteiger partial charge is 0.407 e. The second kappa shape index (κ2) is 9.77. The van der Waals surface area contributed by atoms with Crippen LogP contribution in [-0.4, -0.2) is 41.8 Å². The summed E-state index contributed by atoms with van der Waals surface area (Å²) in [4.78, 5) is 39.4. The van der Waals surface area contributed by atoms with Crippen molar-refractivity contribution < 1.29 is 19.1 Å². The molecule has 3 rings (SSSR count). The molecule has 31 heavy (non-hydrogen) atoms. The molecule has 1 heterocycles. The zero-order valence-corrected chi connectivity index (χ0v) is 18.4. The van der Waals surface area contributed by atoms with Gasteiger partial charge in [0.2, 0.25) is 5.91 Å².